The molecular formula is C19H29N3O2. The number of carbonyl (C=O) groups excluding carboxylic acids is 1. The Morgan fingerprint density at radius 2 is 2.00 bits per heavy atom. The molecule has 1 saturated carbocycles. The molecule has 2 fully saturated rings. The maximum absolute atomic E-state index is 11.9. The third-order valence-electron chi connectivity index (χ3n) is 4.48. The summed E-state index contributed by atoms with van der Waals surface area (Å²) in [5, 5.41) is 6.51. The average Bonchev–Trinajstić information content (AvgIpc) is 3.25. The Labute approximate surface area is 144 Å². The lowest BCUT2D eigenvalue weighted by molar-refractivity contribution is 0.0523. The fourth-order valence-electron chi connectivity index (χ4n) is 3.19. The zero-order valence-corrected chi connectivity index (χ0v) is 15.0. The Hall–Kier alpha value is -1.75. The maximum Gasteiger partial charge on any atom is 0.407 e. The van der Waals surface area contributed by atoms with Crippen LogP contribution in [0.3, 0.4) is 0 Å². The fourth-order valence-corrected chi connectivity index (χ4v) is 3.19. The summed E-state index contributed by atoms with van der Waals surface area (Å²) in [5.41, 5.74) is 1.72. The van der Waals surface area contributed by atoms with E-state index in [-0.39, 0.29) is 6.09 Å². The average molecular weight is 331 g/mol. The van der Waals surface area contributed by atoms with Crippen molar-refractivity contribution in [3.63, 3.8) is 0 Å². The van der Waals surface area contributed by atoms with E-state index in [0.29, 0.717) is 12.6 Å². The summed E-state index contributed by atoms with van der Waals surface area (Å²) >= 11 is 0. The standard InChI is InChI=1S/C19H29N3O2/c1-19(2,3)24-18(23)20-12-14-6-4-5-7-17(14)21-15-10-11-22(13-15)16-8-9-16/h4-7,15-16,21H,8-13H2,1-3H3,(H,20,23). The molecule has 5 heteroatoms. The quantitative estimate of drug-likeness (QED) is 0.869. The van der Waals surface area contributed by atoms with Gasteiger partial charge in [-0.05, 0) is 51.7 Å². The Kier molecular flexibility index (Phi) is 4.99. The lowest BCUT2D eigenvalue weighted by Crippen LogP contribution is -2.32. The molecule has 1 aliphatic carbocycles. The van der Waals surface area contributed by atoms with Crippen LogP contribution in [0.2, 0.25) is 0 Å². The van der Waals surface area contributed by atoms with Crippen molar-refractivity contribution in [2.45, 2.75) is 64.3 Å². The molecule has 132 valence electrons. The molecule has 0 spiro atoms. The molecule has 1 aromatic rings. The molecule has 1 aromatic carbocycles. The van der Waals surface area contributed by atoms with Gasteiger partial charge in [-0.2, -0.15) is 0 Å². The van der Waals surface area contributed by atoms with E-state index in [1.165, 1.54) is 25.8 Å². The number of anilines is 1. The fraction of sp³-hybridized carbons (Fsp3) is 0.632. The van der Waals surface area contributed by atoms with Gasteiger partial charge in [0.05, 0.1) is 0 Å². The second-order valence-corrected chi connectivity index (χ2v) is 7.87. The molecule has 2 aliphatic rings. The van der Waals surface area contributed by atoms with Crippen molar-refractivity contribution in [3.8, 4) is 0 Å². The summed E-state index contributed by atoms with van der Waals surface area (Å²) in [6.07, 6.45) is 3.54. The van der Waals surface area contributed by atoms with Crippen LogP contribution in [-0.2, 0) is 11.3 Å². The van der Waals surface area contributed by atoms with Crippen LogP contribution in [0.1, 0.15) is 45.6 Å². The van der Waals surface area contributed by atoms with Gasteiger partial charge < -0.3 is 15.4 Å². The van der Waals surface area contributed by atoms with Crippen LogP contribution in [0.5, 0.6) is 0 Å². The van der Waals surface area contributed by atoms with Crippen molar-refractivity contribution in [1.82, 2.24) is 10.2 Å². The van der Waals surface area contributed by atoms with Gasteiger partial charge in [-0.25, -0.2) is 4.79 Å². The topological polar surface area (TPSA) is 53.6 Å². The van der Waals surface area contributed by atoms with Crippen molar-refractivity contribution >= 4 is 11.8 Å². The zero-order chi connectivity index (χ0) is 17.2. The minimum atomic E-state index is -0.474. The van der Waals surface area contributed by atoms with Crippen LogP contribution >= 0.6 is 0 Å². The molecule has 5 nitrogen and oxygen atoms in total. The summed E-state index contributed by atoms with van der Waals surface area (Å²) < 4.78 is 5.30. The van der Waals surface area contributed by atoms with Crippen LogP contribution in [0.4, 0.5) is 10.5 Å². The summed E-state index contributed by atoms with van der Waals surface area (Å²) in [4.78, 5) is 14.4. The normalized spacial score (nSPS) is 21.5. The van der Waals surface area contributed by atoms with Gasteiger partial charge >= 0.3 is 6.09 Å². The first kappa shape index (κ1) is 17.1. The number of hydrogen-bond donors (Lipinski definition) is 2. The third kappa shape index (κ3) is 4.87. The number of ether oxygens (including phenoxy) is 1. The van der Waals surface area contributed by atoms with E-state index < -0.39 is 5.60 Å². The molecule has 2 N–H and O–H groups in total. The molecule has 1 saturated heterocycles. The zero-order valence-electron chi connectivity index (χ0n) is 15.0. The number of nitrogens with one attached hydrogen (secondary N) is 2. The van der Waals surface area contributed by atoms with Gasteiger partial charge in [0.25, 0.3) is 0 Å². The Morgan fingerprint density at radius 1 is 1.25 bits per heavy atom. The van der Waals surface area contributed by atoms with E-state index >= 15 is 0 Å². The molecule has 1 heterocycles. The van der Waals surface area contributed by atoms with Gasteiger partial charge in [0.1, 0.15) is 5.60 Å². The monoisotopic (exact) mass is 331 g/mol. The predicted octanol–water partition coefficient (Wildman–Crippen LogP) is 3.36. The van der Waals surface area contributed by atoms with Gasteiger partial charge in [0.2, 0.25) is 0 Å². The van der Waals surface area contributed by atoms with E-state index in [1.54, 1.807) is 0 Å². The van der Waals surface area contributed by atoms with E-state index in [1.807, 2.05) is 39.0 Å². The number of likely N-dealkylation sites (tertiary alicyclic amines) is 1. The predicted molar refractivity (Wildman–Crippen MR) is 96.1 cm³/mol. The van der Waals surface area contributed by atoms with Gasteiger partial charge in [0, 0.05) is 37.4 Å². The van der Waals surface area contributed by atoms with Gasteiger partial charge in [-0.15, -0.1) is 0 Å². The van der Waals surface area contributed by atoms with Crippen molar-refractivity contribution in [3.05, 3.63) is 29.8 Å². The third-order valence-corrected chi connectivity index (χ3v) is 4.48. The van der Waals surface area contributed by atoms with Crippen molar-refractivity contribution in [2.75, 3.05) is 18.4 Å². The number of hydrogen-bond acceptors (Lipinski definition) is 4. The highest BCUT2D eigenvalue weighted by Gasteiger charge is 2.34. The molecule has 0 bridgehead atoms. The molecule has 24 heavy (non-hydrogen) atoms. The SMILES string of the molecule is CC(C)(C)OC(=O)NCc1ccccc1NC1CCN(C2CC2)C1. The number of amides is 1. The van der Waals surface area contributed by atoms with Crippen LogP contribution < -0.4 is 10.6 Å². The van der Waals surface area contributed by atoms with Crippen LogP contribution in [-0.4, -0.2) is 41.8 Å². The molecular weight excluding hydrogens is 302 g/mol. The van der Waals surface area contributed by atoms with Gasteiger partial charge in [0.15, 0.2) is 0 Å². The number of para-hydroxylation sites is 1. The summed E-state index contributed by atoms with van der Waals surface area (Å²) in [7, 11) is 0. The summed E-state index contributed by atoms with van der Waals surface area (Å²) in [6, 6.07) is 9.50. The maximum atomic E-state index is 11.9. The second-order valence-electron chi connectivity index (χ2n) is 7.87. The smallest absolute Gasteiger partial charge is 0.407 e. The van der Waals surface area contributed by atoms with Crippen molar-refractivity contribution < 1.29 is 9.53 Å². The van der Waals surface area contributed by atoms with E-state index in [9.17, 15) is 4.79 Å². The lowest BCUT2D eigenvalue weighted by atomic mass is 10.1. The molecule has 1 amide bonds. The first-order chi connectivity index (χ1) is 11.4. The highest BCUT2D eigenvalue weighted by atomic mass is 16.6. The summed E-state index contributed by atoms with van der Waals surface area (Å²) in [6.45, 7) is 8.39. The molecule has 1 atom stereocenters. The van der Waals surface area contributed by atoms with Crippen LogP contribution in [0, 0.1) is 0 Å². The van der Waals surface area contributed by atoms with Crippen LogP contribution in [0.15, 0.2) is 24.3 Å². The number of nitrogens with zero attached hydrogens (tertiary/aromatic N) is 1. The Balaban J connectivity index is 1.54. The molecule has 0 aromatic heterocycles. The minimum Gasteiger partial charge on any atom is -0.444 e. The number of benzene rings is 1. The van der Waals surface area contributed by atoms with Crippen molar-refractivity contribution in [2.24, 2.45) is 0 Å². The van der Waals surface area contributed by atoms with E-state index in [2.05, 4.69) is 21.6 Å². The Morgan fingerprint density at radius 3 is 2.71 bits per heavy atom. The number of alkyl carbamates (subject to hydrolysis) is 1. The summed E-state index contributed by atoms with van der Waals surface area (Å²) in [5.74, 6) is 0. The molecule has 3 rings (SSSR count). The lowest BCUT2D eigenvalue weighted by Gasteiger charge is -2.21. The first-order valence-electron chi connectivity index (χ1n) is 8.96. The first-order valence-corrected chi connectivity index (χ1v) is 8.96. The highest BCUT2D eigenvalue weighted by molar-refractivity contribution is 5.68. The second kappa shape index (κ2) is 7.01. The minimum absolute atomic E-state index is 0.377. The van der Waals surface area contributed by atoms with Gasteiger partial charge in [-0.3, -0.25) is 4.90 Å². The highest BCUT2D eigenvalue weighted by Crippen LogP contribution is 2.31. The molecule has 0 radical (unpaired) electrons. The van der Waals surface area contributed by atoms with Gasteiger partial charge in [-0.1, -0.05) is 18.2 Å². The number of carbonyl (C=O) groups is 1. The molecule has 1 unspecified atom stereocenters. The number of rotatable bonds is 5. The van der Waals surface area contributed by atoms with E-state index in [4.69, 9.17) is 4.74 Å². The molecule has 1 aliphatic heterocycles. The van der Waals surface area contributed by atoms with Crippen molar-refractivity contribution in [1.29, 1.82) is 0 Å². The van der Waals surface area contributed by atoms with Crippen LogP contribution in [0.25, 0.3) is 0 Å². The Bertz CT molecular complexity index is 578. The largest absolute Gasteiger partial charge is 0.444 e. The van der Waals surface area contributed by atoms with E-state index in [0.717, 1.165) is 23.8 Å².